The van der Waals surface area contributed by atoms with E-state index in [4.69, 9.17) is 12.2 Å². The maximum atomic E-state index is 5.25. The van der Waals surface area contributed by atoms with Gasteiger partial charge in [-0.2, -0.15) is 0 Å². The molecule has 0 aromatic carbocycles. The van der Waals surface area contributed by atoms with Gasteiger partial charge in [-0.1, -0.05) is 25.0 Å². The van der Waals surface area contributed by atoms with E-state index in [1.165, 1.54) is 0 Å². The summed E-state index contributed by atoms with van der Waals surface area (Å²) in [6, 6.07) is 0. The van der Waals surface area contributed by atoms with Crippen molar-refractivity contribution < 1.29 is 0 Å². The first kappa shape index (κ1) is 9.00. The van der Waals surface area contributed by atoms with Crippen molar-refractivity contribution in [3.05, 3.63) is 23.8 Å². The van der Waals surface area contributed by atoms with Crippen LogP contribution in [0.1, 0.15) is 13.3 Å². The molecule has 1 heteroatoms. The van der Waals surface area contributed by atoms with E-state index in [0.29, 0.717) is 6.54 Å². The first-order chi connectivity index (χ1) is 4.85. The lowest BCUT2D eigenvalue weighted by Gasteiger charge is -1.86. The largest absolute Gasteiger partial charge is 0.327 e. The van der Waals surface area contributed by atoms with Crippen molar-refractivity contribution in [3.8, 4) is 12.3 Å². The van der Waals surface area contributed by atoms with Gasteiger partial charge in [0.15, 0.2) is 0 Å². The molecule has 10 heavy (non-hydrogen) atoms. The van der Waals surface area contributed by atoms with Crippen LogP contribution in [0.3, 0.4) is 0 Å². The smallest absolute Gasteiger partial charge is 0.0199 e. The number of rotatable bonds is 3. The molecule has 0 saturated carbocycles. The number of hydrogen-bond acceptors (Lipinski definition) is 1. The van der Waals surface area contributed by atoms with E-state index in [2.05, 4.69) is 5.92 Å². The van der Waals surface area contributed by atoms with Crippen LogP contribution in [0.2, 0.25) is 0 Å². The molecule has 0 aromatic rings. The maximum absolute atomic E-state index is 5.25. The molecule has 0 saturated heterocycles. The zero-order valence-corrected chi connectivity index (χ0v) is 6.30. The Morgan fingerprint density at radius 3 is 2.80 bits per heavy atom. The molecule has 0 atom stereocenters. The lowest BCUT2D eigenvalue weighted by molar-refractivity contribution is 1.21. The summed E-state index contributed by atoms with van der Waals surface area (Å²) in [5, 5.41) is 0. The van der Waals surface area contributed by atoms with Crippen LogP contribution >= 0.6 is 0 Å². The summed E-state index contributed by atoms with van der Waals surface area (Å²) in [5.41, 5.74) is 6.16. The molecule has 2 N–H and O–H groups in total. The van der Waals surface area contributed by atoms with Crippen molar-refractivity contribution in [2.45, 2.75) is 13.3 Å². The standard InChI is InChI=1S/C9H13N/c1-3-6-9(4-2)7-5-8-10/h2,5-7H,3,8,10H2,1H3/b7-5-,9-6-. The third kappa shape index (κ3) is 3.94. The number of hydrogen-bond donors (Lipinski definition) is 1. The Morgan fingerprint density at radius 2 is 2.40 bits per heavy atom. The predicted molar refractivity (Wildman–Crippen MR) is 45.4 cm³/mol. The van der Waals surface area contributed by atoms with Gasteiger partial charge in [-0.3, -0.25) is 0 Å². The van der Waals surface area contributed by atoms with Gasteiger partial charge in [0.05, 0.1) is 0 Å². The summed E-state index contributed by atoms with van der Waals surface area (Å²) >= 11 is 0. The Morgan fingerprint density at radius 1 is 1.70 bits per heavy atom. The molecule has 0 rings (SSSR count). The van der Waals surface area contributed by atoms with Gasteiger partial charge in [-0.05, 0) is 12.5 Å². The van der Waals surface area contributed by atoms with Gasteiger partial charge >= 0.3 is 0 Å². The fraction of sp³-hybridized carbons (Fsp3) is 0.333. The first-order valence-corrected chi connectivity index (χ1v) is 3.38. The lowest BCUT2D eigenvalue weighted by Crippen LogP contribution is -1.92. The second-order valence-electron chi connectivity index (χ2n) is 1.85. The van der Waals surface area contributed by atoms with Crippen LogP contribution in [0.5, 0.6) is 0 Å². The second-order valence-corrected chi connectivity index (χ2v) is 1.85. The topological polar surface area (TPSA) is 26.0 Å². The highest BCUT2D eigenvalue weighted by Gasteiger charge is 1.80. The normalized spacial score (nSPS) is 11.9. The molecule has 0 aliphatic heterocycles. The summed E-state index contributed by atoms with van der Waals surface area (Å²) in [5.74, 6) is 2.56. The third-order valence-corrected chi connectivity index (χ3v) is 1.02. The van der Waals surface area contributed by atoms with Crippen LogP contribution in [0.15, 0.2) is 23.8 Å². The van der Waals surface area contributed by atoms with E-state index in [-0.39, 0.29) is 0 Å². The van der Waals surface area contributed by atoms with Crippen molar-refractivity contribution in [2.75, 3.05) is 6.54 Å². The Kier molecular flexibility index (Phi) is 5.51. The van der Waals surface area contributed by atoms with Gasteiger partial charge < -0.3 is 5.73 Å². The van der Waals surface area contributed by atoms with E-state index in [1.54, 1.807) is 0 Å². The van der Waals surface area contributed by atoms with Crippen molar-refractivity contribution in [3.63, 3.8) is 0 Å². The molecule has 0 aromatic heterocycles. The Hall–Kier alpha value is -1.00. The number of allylic oxidation sites excluding steroid dienone is 3. The molecule has 0 radical (unpaired) electrons. The van der Waals surface area contributed by atoms with E-state index < -0.39 is 0 Å². The van der Waals surface area contributed by atoms with Crippen LogP contribution in [-0.2, 0) is 0 Å². The Labute approximate surface area is 62.6 Å². The molecular weight excluding hydrogens is 122 g/mol. The molecule has 0 fully saturated rings. The quantitative estimate of drug-likeness (QED) is 0.460. The molecule has 0 bridgehead atoms. The summed E-state index contributed by atoms with van der Waals surface area (Å²) in [6.07, 6.45) is 11.9. The van der Waals surface area contributed by atoms with Gasteiger partial charge in [0.25, 0.3) is 0 Å². The highest BCUT2D eigenvalue weighted by molar-refractivity contribution is 5.35. The van der Waals surface area contributed by atoms with Gasteiger partial charge in [0.2, 0.25) is 0 Å². The zero-order chi connectivity index (χ0) is 7.82. The van der Waals surface area contributed by atoms with E-state index >= 15 is 0 Å². The van der Waals surface area contributed by atoms with Crippen LogP contribution in [0.25, 0.3) is 0 Å². The SMILES string of the molecule is C#CC(/C=C\CN)=C/CC. The summed E-state index contributed by atoms with van der Waals surface area (Å²) in [4.78, 5) is 0. The van der Waals surface area contributed by atoms with E-state index in [0.717, 1.165) is 12.0 Å². The molecule has 1 nitrogen and oxygen atoms in total. The van der Waals surface area contributed by atoms with E-state index in [9.17, 15) is 0 Å². The van der Waals surface area contributed by atoms with Crippen LogP contribution < -0.4 is 5.73 Å². The molecule has 54 valence electrons. The van der Waals surface area contributed by atoms with Crippen molar-refractivity contribution in [2.24, 2.45) is 5.73 Å². The number of nitrogens with two attached hydrogens (primary N) is 1. The molecule has 0 aliphatic carbocycles. The number of terminal acetylenes is 1. The van der Waals surface area contributed by atoms with Crippen molar-refractivity contribution in [1.29, 1.82) is 0 Å². The maximum Gasteiger partial charge on any atom is 0.0199 e. The zero-order valence-electron chi connectivity index (χ0n) is 6.30. The predicted octanol–water partition coefficient (Wildman–Crippen LogP) is 1.47. The van der Waals surface area contributed by atoms with Gasteiger partial charge in [-0.25, -0.2) is 0 Å². The molecule has 0 heterocycles. The highest BCUT2D eigenvalue weighted by atomic mass is 14.5. The van der Waals surface area contributed by atoms with Crippen molar-refractivity contribution >= 4 is 0 Å². The lowest BCUT2D eigenvalue weighted by atomic mass is 10.2. The minimum Gasteiger partial charge on any atom is -0.327 e. The minimum atomic E-state index is 0.544. The Balaban J connectivity index is 3.99. The van der Waals surface area contributed by atoms with E-state index in [1.807, 2.05) is 25.2 Å². The molecule has 0 spiro atoms. The van der Waals surface area contributed by atoms with Gasteiger partial charge in [0.1, 0.15) is 0 Å². The molecule has 0 unspecified atom stereocenters. The second kappa shape index (κ2) is 6.12. The summed E-state index contributed by atoms with van der Waals surface area (Å²) in [6.45, 7) is 2.59. The Bertz CT molecular complexity index is 170. The fourth-order valence-corrected chi connectivity index (χ4v) is 0.590. The third-order valence-electron chi connectivity index (χ3n) is 1.02. The van der Waals surface area contributed by atoms with Crippen molar-refractivity contribution in [1.82, 2.24) is 0 Å². The highest BCUT2D eigenvalue weighted by Crippen LogP contribution is 1.95. The molecular formula is C9H13N. The molecule has 0 amide bonds. The fourth-order valence-electron chi connectivity index (χ4n) is 0.590. The summed E-state index contributed by atoms with van der Waals surface area (Å²) in [7, 11) is 0. The average Bonchev–Trinajstić information content (AvgIpc) is 1.98. The first-order valence-electron chi connectivity index (χ1n) is 3.38. The monoisotopic (exact) mass is 135 g/mol. The van der Waals surface area contributed by atoms with Crippen LogP contribution in [0.4, 0.5) is 0 Å². The summed E-state index contributed by atoms with van der Waals surface area (Å²) < 4.78 is 0. The average molecular weight is 135 g/mol. The minimum absolute atomic E-state index is 0.544. The van der Waals surface area contributed by atoms with Gasteiger partial charge in [-0.15, -0.1) is 6.42 Å². The van der Waals surface area contributed by atoms with Crippen LogP contribution in [0, 0.1) is 12.3 Å². The van der Waals surface area contributed by atoms with Crippen LogP contribution in [-0.4, -0.2) is 6.54 Å². The molecule has 0 aliphatic rings. The van der Waals surface area contributed by atoms with Gasteiger partial charge in [0, 0.05) is 12.1 Å².